The molecular formula is C16H34N2. The maximum atomic E-state index is 3.52. The van der Waals surface area contributed by atoms with E-state index >= 15 is 0 Å². The highest BCUT2D eigenvalue weighted by Gasteiger charge is 2.28. The van der Waals surface area contributed by atoms with E-state index in [2.05, 4.69) is 44.8 Å². The predicted molar refractivity (Wildman–Crippen MR) is 81.0 cm³/mol. The van der Waals surface area contributed by atoms with Gasteiger partial charge in [-0.25, -0.2) is 0 Å². The first-order valence-electron chi connectivity index (χ1n) is 7.93. The SMILES string of the molecule is CCNCC(CC)N1CCCC(C(C)(C)C)CC1. The second kappa shape index (κ2) is 7.49. The Morgan fingerprint density at radius 1 is 1.17 bits per heavy atom. The molecule has 0 aromatic heterocycles. The molecule has 2 heteroatoms. The summed E-state index contributed by atoms with van der Waals surface area (Å²) in [4.78, 5) is 2.73. The largest absolute Gasteiger partial charge is 0.315 e. The molecule has 0 aromatic carbocycles. The molecule has 1 aliphatic heterocycles. The first-order valence-corrected chi connectivity index (χ1v) is 7.93. The van der Waals surface area contributed by atoms with Crippen molar-refractivity contribution in [3.05, 3.63) is 0 Å². The van der Waals surface area contributed by atoms with Crippen LogP contribution in [0.25, 0.3) is 0 Å². The lowest BCUT2D eigenvalue weighted by molar-refractivity contribution is 0.176. The van der Waals surface area contributed by atoms with E-state index < -0.39 is 0 Å². The molecule has 2 unspecified atom stereocenters. The third-order valence-electron chi connectivity index (χ3n) is 4.61. The van der Waals surface area contributed by atoms with Crippen LogP contribution in [0.1, 0.15) is 60.3 Å². The number of nitrogens with one attached hydrogen (secondary N) is 1. The van der Waals surface area contributed by atoms with Gasteiger partial charge in [0, 0.05) is 12.6 Å². The molecule has 1 N–H and O–H groups in total. The van der Waals surface area contributed by atoms with Crippen LogP contribution in [0.4, 0.5) is 0 Å². The summed E-state index contributed by atoms with van der Waals surface area (Å²) in [6.07, 6.45) is 5.45. The number of hydrogen-bond acceptors (Lipinski definition) is 2. The van der Waals surface area contributed by atoms with Crippen LogP contribution >= 0.6 is 0 Å². The Bertz CT molecular complexity index is 220. The Balaban J connectivity index is 2.49. The highest BCUT2D eigenvalue weighted by molar-refractivity contribution is 4.82. The monoisotopic (exact) mass is 254 g/mol. The minimum Gasteiger partial charge on any atom is -0.315 e. The van der Waals surface area contributed by atoms with Crippen molar-refractivity contribution in [2.75, 3.05) is 26.2 Å². The lowest BCUT2D eigenvalue weighted by atomic mass is 9.77. The summed E-state index contributed by atoms with van der Waals surface area (Å²) in [5.74, 6) is 0.902. The molecule has 108 valence electrons. The maximum absolute atomic E-state index is 3.52. The van der Waals surface area contributed by atoms with Crippen LogP contribution in [0.5, 0.6) is 0 Å². The van der Waals surface area contributed by atoms with Crippen molar-refractivity contribution in [1.29, 1.82) is 0 Å². The molecule has 0 radical (unpaired) electrons. The lowest BCUT2D eigenvalue weighted by Crippen LogP contribution is -2.42. The highest BCUT2D eigenvalue weighted by Crippen LogP contribution is 2.34. The molecule has 0 saturated carbocycles. The highest BCUT2D eigenvalue weighted by atomic mass is 15.2. The first-order chi connectivity index (χ1) is 8.49. The fourth-order valence-corrected chi connectivity index (χ4v) is 3.19. The molecule has 0 bridgehead atoms. The second-order valence-electron chi connectivity index (χ2n) is 6.90. The van der Waals surface area contributed by atoms with Crippen LogP contribution in [-0.2, 0) is 0 Å². The number of hydrogen-bond donors (Lipinski definition) is 1. The van der Waals surface area contributed by atoms with Crippen LogP contribution in [0, 0.1) is 11.3 Å². The molecular weight excluding hydrogens is 220 g/mol. The van der Waals surface area contributed by atoms with Crippen molar-refractivity contribution in [1.82, 2.24) is 10.2 Å². The molecule has 0 aliphatic carbocycles. The summed E-state index contributed by atoms with van der Waals surface area (Å²) in [5.41, 5.74) is 0.486. The van der Waals surface area contributed by atoms with E-state index in [4.69, 9.17) is 0 Å². The van der Waals surface area contributed by atoms with Crippen molar-refractivity contribution in [2.24, 2.45) is 11.3 Å². The molecule has 1 fully saturated rings. The molecule has 2 nitrogen and oxygen atoms in total. The van der Waals surface area contributed by atoms with Gasteiger partial charge in [-0.2, -0.15) is 0 Å². The maximum Gasteiger partial charge on any atom is 0.0218 e. The fraction of sp³-hybridized carbons (Fsp3) is 1.00. The average Bonchev–Trinajstić information content (AvgIpc) is 2.55. The zero-order valence-corrected chi connectivity index (χ0v) is 13.3. The van der Waals surface area contributed by atoms with Crippen molar-refractivity contribution < 1.29 is 0 Å². The summed E-state index contributed by atoms with van der Waals surface area (Å²) in [7, 11) is 0. The van der Waals surface area contributed by atoms with Crippen LogP contribution in [0.15, 0.2) is 0 Å². The third kappa shape index (κ3) is 4.89. The van der Waals surface area contributed by atoms with Crippen molar-refractivity contribution in [3.8, 4) is 0 Å². The topological polar surface area (TPSA) is 15.3 Å². The molecule has 1 rings (SSSR count). The quantitative estimate of drug-likeness (QED) is 0.807. The Labute approximate surface area is 115 Å². The van der Waals surface area contributed by atoms with Gasteiger partial charge in [-0.05, 0) is 56.7 Å². The minimum atomic E-state index is 0.486. The summed E-state index contributed by atoms with van der Waals surface area (Å²) in [5, 5.41) is 3.52. The molecule has 1 heterocycles. The van der Waals surface area contributed by atoms with E-state index in [1.165, 1.54) is 38.8 Å². The lowest BCUT2D eigenvalue weighted by Gasteiger charge is -2.32. The number of likely N-dealkylation sites (tertiary alicyclic amines) is 1. The van der Waals surface area contributed by atoms with Gasteiger partial charge in [0.25, 0.3) is 0 Å². The van der Waals surface area contributed by atoms with Crippen molar-refractivity contribution >= 4 is 0 Å². The molecule has 0 amide bonds. The molecule has 1 aliphatic rings. The normalized spacial score (nSPS) is 24.8. The average molecular weight is 254 g/mol. The smallest absolute Gasteiger partial charge is 0.0218 e. The number of nitrogens with zero attached hydrogens (tertiary/aromatic N) is 1. The van der Waals surface area contributed by atoms with Crippen molar-refractivity contribution in [2.45, 2.75) is 66.3 Å². The van der Waals surface area contributed by atoms with Gasteiger partial charge in [0.15, 0.2) is 0 Å². The van der Waals surface area contributed by atoms with Crippen LogP contribution in [0.3, 0.4) is 0 Å². The van der Waals surface area contributed by atoms with Gasteiger partial charge in [-0.3, -0.25) is 4.90 Å². The predicted octanol–water partition coefficient (Wildman–Crippen LogP) is 3.52. The molecule has 1 saturated heterocycles. The standard InChI is InChI=1S/C16H34N2/c1-6-15(13-17-7-2)18-11-8-9-14(10-12-18)16(3,4)5/h14-15,17H,6-13H2,1-5H3. The Morgan fingerprint density at radius 3 is 2.44 bits per heavy atom. The molecule has 2 atom stereocenters. The van der Waals surface area contributed by atoms with Gasteiger partial charge >= 0.3 is 0 Å². The number of likely N-dealkylation sites (N-methyl/N-ethyl adjacent to an activating group) is 1. The van der Waals surface area contributed by atoms with Gasteiger partial charge in [0.05, 0.1) is 0 Å². The fourth-order valence-electron chi connectivity index (χ4n) is 3.19. The summed E-state index contributed by atoms with van der Waals surface area (Å²) in [6, 6.07) is 0.740. The van der Waals surface area contributed by atoms with E-state index in [0.29, 0.717) is 5.41 Å². The Kier molecular flexibility index (Phi) is 6.65. The Hall–Kier alpha value is -0.0800. The van der Waals surface area contributed by atoms with Crippen LogP contribution < -0.4 is 5.32 Å². The summed E-state index contributed by atoms with van der Waals surface area (Å²) < 4.78 is 0. The molecule has 0 spiro atoms. The minimum absolute atomic E-state index is 0.486. The zero-order valence-electron chi connectivity index (χ0n) is 13.3. The van der Waals surface area contributed by atoms with Gasteiger partial charge in [-0.15, -0.1) is 0 Å². The Morgan fingerprint density at radius 2 is 1.89 bits per heavy atom. The molecule has 18 heavy (non-hydrogen) atoms. The van der Waals surface area contributed by atoms with Crippen LogP contribution in [-0.4, -0.2) is 37.1 Å². The zero-order chi connectivity index (χ0) is 13.6. The van der Waals surface area contributed by atoms with E-state index in [1.54, 1.807) is 0 Å². The van der Waals surface area contributed by atoms with E-state index in [1.807, 2.05) is 0 Å². The van der Waals surface area contributed by atoms with Gasteiger partial charge in [-0.1, -0.05) is 34.6 Å². The molecule has 0 aromatic rings. The van der Waals surface area contributed by atoms with E-state index in [0.717, 1.165) is 25.0 Å². The first kappa shape index (κ1) is 16.0. The van der Waals surface area contributed by atoms with Crippen molar-refractivity contribution in [3.63, 3.8) is 0 Å². The number of rotatable bonds is 5. The third-order valence-corrected chi connectivity index (χ3v) is 4.61. The van der Waals surface area contributed by atoms with Gasteiger partial charge < -0.3 is 5.32 Å². The second-order valence-corrected chi connectivity index (χ2v) is 6.90. The van der Waals surface area contributed by atoms with E-state index in [9.17, 15) is 0 Å². The summed E-state index contributed by atoms with van der Waals surface area (Å²) in [6.45, 7) is 16.6. The van der Waals surface area contributed by atoms with Gasteiger partial charge in [0.1, 0.15) is 0 Å². The van der Waals surface area contributed by atoms with Gasteiger partial charge in [0.2, 0.25) is 0 Å². The summed E-state index contributed by atoms with van der Waals surface area (Å²) >= 11 is 0. The van der Waals surface area contributed by atoms with E-state index in [-0.39, 0.29) is 0 Å². The van der Waals surface area contributed by atoms with Crippen LogP contribution in [0.2, 0.25) is 0 Å².